The van der Waals surface area contributed by atoms with Crippen molar-refractivity contribution in [3.05, 3.63) is 46.1 Å². The molecule has 1 aromatic carbocycles. The van der Waals surface area contributed by atoms with E-state index >= 15 is 0 Å². The highest BCUT2D eigenvalue weighted by atomic mass is 16.6. The molecule has 0 amide bonds. The Morgan fingerprint density at radius 2 is 2.21 bits per heavy atom. The third-order valence-electron chi connectivity index (χ3n) is 3.11. The topological polar surface area (TPSA) is 98.2 Å². The Labute approximate surface area is 108 Å². The number of nitro groups is 1. The first-order chi connectivity index (χ1) is 9.15. The van der Waals surface area contributed by atoms with Gasteiger partial charge < -0.3 is 10.6 Å². The standard InChI is InChI=1S/C12H11N5O2/c13-12-14-5-3-11(15-12)16-6-4-8-1-2-9(17(18)19)7-10(8)16/h1-3,5,7H,4,6H2,(H2,13,14,15). The van der Waals surface area contributed by atoms with E-state index in [0.29, 0.717) is 5.82 Å². The quantitative estimate of drug-likeness (QED) is 0.649. The van der Waals surface area contributed by atoms with Crippen LogP contribution in [0.2, 0.25) is 0 Å². The van der Waals surface area contributed by atoms with Crippen LogP contribution in [0.5, 0.6) is 0 Å². The number of anilines is 3. The first-order valence-electron chi connectivity index (χ1n) is 5.78. The highest BCUT2D eigenvalue weighted by Crippen LogP contribution is 2.35. The third kappa shape index (κ3) is 1.95. The van der Waals surface area contributed by atoms with Gasteiger partial charge in [-0.25, -0.2) is 4.98 Å². The van der Waals surface area contributed by atoms with E-state index in [1.54, 1.807) is 24.4 Å². The molecule has 0 fully saturated rings. The Hall–Kier alpha value is -2.70. The van der Waals surface area contributed by atoms with Crippen LogP contribution in [-0.2, 0) is 6.42 Å². The van der Waals surface area contributed by atoms with Crippen LogP contribution in [0.3, 0.4) is 0 Å². The van der Waals surface area contributed by atoms with E-state index < -0.39 is 4.92 Å². The molecule has 19 heavy (non-hydrogen) atoms. The number of nitro benzene ring substituents is 1. The molecule has 0 saturated carbocycles. The van der Waals surface area contributed by atoms with Crippen molar-refractivity contribution in [2.24, 2.45) is 0 Å². The lowest BCUT2D eigenvalue weighted by atomic mass is 10.1. The number of hydrogen-bond donors (Lipinski definition) is 1. The number of nitrogen functional groups attached to an aromatic ring is 1. The molecule has 2 heterocycles. The second kappa shape index (κ2) is 4.20. The molecular formula is C12H11N5O2. The first-order valence-corrected chi connectivity index (χ1v) is 5.78. The fourth-order valence-corrected chi connectivity index (χ4v) is 2.23. The molecule has 1 aliphatic rings. The fourth-order valence-electron chi connectivity index (χ4n) is 2.23. The second-order valence-electron chi connectivity index (χ2n) is 4.24. The number of fused-ring (bicyclic) bond motifs is 1. The molecule has 0 aliphatic carbocycles. The van der Waals surface area contributed by atoms with Crippen LogP contribution >= 0.6 is 0 Å². The van der Waals surface area contributed by atoms with E-state index in [-0.39, 0.29) is 11.6 Å². The molecule has 3 rings (SSSR count). The molecule has 7 heteroatoms. The van der Waals surface area contributed by atoms with E-state index in [1.807, 2.05) is 4.90 Å². The number of hydrogen-bond acceptors (Lipinski definition) is 6. The normalized spacial score (nSPS) is 13.4. The predicted octanol–water partition coefficient (Wildman–Crippen LogP) is 1.66. The summed E-state index contributed by atoms with van der Waals surface area (Å²) in [6, 6.07) is 6.62. The van der Waals surface area contributed by atoms with E-state index in [2.05, 4.69) is 9.97 Å². The van der Waals surface area contributed by atoms with Gasteiger partial charge in [0.25, 0.3) is 5.69 Å². The second-order valence-corrected chi connectivity index (χ2v) is 4.24. The smallest absolute Gasteiger partial charge is 0.271 e. The molecule has 0 saturated heterocycles. The van der Waals surface area contributed by atoms with Crippen LogP contribution in [0.4, 0.5) is 23.1 Å². The lowest BCUT2D eigenvalue weighted by molar-refractivity contribution is -0.384. The number of nitrogens with two attached hydrogens (primary N) is 1. The van der Waals surface area contributed by atoms with Crippen LogP contribution in [0.15, 0.2) is 30.5 Å². The van der Waals surface area contributed by atoms with Crippen molar-refractivity contribution in [1.29, 1.82) is 0 Å². The van der Waals surface area contributed by atoms with E-state index in [0.717, 1.165) is 24.2 Å². The Bertz CT molecular complexity index is 658. The van der Waals surface area contributed by atoms with Crippen molar-refractivity contribution in [3.63, 3.8) is 0 Å². The molecule has 0 radical (unpaired) electrons. The van der Waals surface area contributed by atoms with Crippen molar-refractivity contribution in [2.75, 3.05) is 17.2 Å². The minimum atomic E-state index is -0.398. The molecule has 0 unspecified atom stereocenters. The van der Waals surface area contributed by atoms with Gasteiger partial charge in [0, 0.05) is 24.9 Å². The molecule has 0 bridgehead atoms. The summed E-state index contributed by atoms with van der Waals surface area (Å²) in [5, 5.41) is 10.8. The summed E-state index contributed by atoms with van der Waals surface area (Å²) in [6.45, 7) is 0.729. The van der Waals surface area contributed by atoms with Gasteiger partial charge in [0.2, 0.25) is 5.95 Å². The Kier molecular flexibility index (Phi) is 2.52. The lowest BCUT2D eigenvalue weighted by Gasteiger charge is -2.17. The summed E-state index contributed by atoms with van der Waals surface area (Å²) >= 11 is 0. The van der Waals surface area contributed by atoms with E-state index in [4.69, 9.17) is 5.73 Å². The maximum absolute atomic E-state index is 10.8. The van der Waals surface area contributed by atoms with Crippen LogP contribution in [0.25, 0.3) is 0 Å². The summed E-state index contributed by atoms with van der Waals surface area (Å²) in [5.41, 5.74) is 7.53. The van der Waals surface area contributed by atoms with Crippen LogP contribution in [0, 0.1) is 10.1 Å². The van der Waals surface area contributed by atoms with Crippen molar-refractivity contribution in [1.82, 2.24) is 9.97 Å². The minimum absolute atomic E-state index is 0.0766. The van der Waals surface area contributed by atoms with Gasteiger partial charge in [0.15, 0.2) is 0 Å². The molecule has 1 aliphatic heterocycles. The van der Waals surface area contributed by atoms with Crippen LogP contribution in [0.1, 0.15) is 5.56 Å². The van der Waals surface area contributed by atoms with Crippen molar-refractivity contribution in [2.45, 2.75) is 6.42 Å². The summed E-state index contributed by atoms with van der Waals surface area (Å²) in [5.74, 6) is 0.850. The number of nitrogens with zero attached hydrogens (tertiary/aromatic N) is 4. The van der Waals surface area contributed by atoms with E-state index in [9.17, 15) is 10.1 Å². The summed E-state index contributed by atoms with van der Waals surface area (Å²) in [7, 11) is 0. The van der Waals surface area contributed by atoms with Crippen LogP contribution in [-0.4, -0.2) is 21.4 Å². The molecule has 2 aromatic rings. The molecule has 7 nitrogen and oxygen atoms in total. The average Bonchev–Trinajstić information content (AvgIpc) is 2.81. The largest absolute Gasteiger partial charge is 0.368 e. The Morgan fingerprint density at radius 1 is 1.37 bits per heavy atom. The van der Waals surface area contributed by atoms with Crippen molar-refractivity contribution in [3.8, 4) is 0 Å². The molecule has 0 atom stereocenters. The summed E-state index contributed by atoms with van der Waals surface area (Å²) in [4.78, 5) is 20.4. The molecule has 2 N–H and O–H groups in total. The maximum atomic E-state index is 10.8. The Morgan fingerprint density at radius 3 is 2.95 bits per heavy atom. The van der Waals surface area contributed by atoms with Gasteiger partial charge in [-0.15, -0.1) is 0 Å². The molecule has 1 aromatic heterocycles. The predicted molar refractivity (Wildman–Crippen MR) is 70.3 cm³/mol. The third-order valence-corrected chi connectivity index (χ3v) is 3.11. The number of rotatable bonds is 2. The fraction of sp³-hybridized carbons (Fsp3) is 0.167. The highest BCUT2D eigenvalue weighted by molar-refractivity contribution is 5.70. The molecule has 0 spiro atoms. The number of aromatic nitrogens is 2. The van der Waals surface area contributed by atoms with E-state index in [1.165, 1.54) is 6.07 Å². The van der Waals surface area contributed by atoms with Gasteiger partial charge in [-0.2, -0.15) is 4.98 Å². The van der Waals surface area contributed by atoms with Gasteiger partial charge in [-0.1, -0.05) is 6.07 Å². The molecule has 96 valence electrons. The lowest BCUT2D eigenvalue weighted by Crippen LogP contribution is -2.15. The average molecular weight is 257 g/mol. The minimum Gasteiger partial charge on any atom is -0.368 e. The summed E-state index contributed by atoms with van der Waals surface area (Å²) < 4.78 is 0. The Balaban J connectivity index is 2.05. The van der Waals surface area contributed by atoms with Gasteiger partial charge in [0.1, 0.15) is 5.82 Å². The zero-order chi connectivity index (χ0) is 13.4. The van der Waals surface area contributed by atoms with Crippen LogP contribution < -0.4 is 10.6 Å². The van der Waals surface area contributed by atoms with Crippen molar-refractivity contribution >= 4 is 23.1 Å². The zero-order valence-corrected chi connectivity index (χ0v) is 9.98. The SMILES string of the molecule is Nc1nccc(N2CCc3ccc([N+](=O)[O-])cc32)n1. The zero-order valence-electron chi connectivity index (χ0n) is 9.98. The number of non-ortho nitro benzene ring substituents is 1. The summed E-state index contributed by atoms with van der Waals surface area (Å²) in [6.07, 6.45) is 2.41. The van der Waals surface area contributed by atoms with Gasteiger partial charge in [-0.3, -0.25) is 10.1 Å². The maximum Gasteiger partial charge on any atom is 0.271 e. The van der Waals surface area contributed by atoms with Gasteiger partial charge in [-0.05, 0) is 18.1 Å². The first kappa shape index (κ1) is 11.4. The van der Waals surface area contributed by atoms with Gasteiger partial charge in [0.05, 0.1) is 10.6 Å². The monoisotopic (exact) mass is 257 g/mol. The highest BCUT2D eigenvalue weighted by Gasteiger charge is 2.24. The van der Waals surface area contributed by atoms with Gasteiger partial charge >= 0.3 is 0 Å². The van der Waals surface area contributed by atoms with Crippen molar-refractivity contribution < 1.29 is 4.92 Å². The molecular weight excluding hydrogens is 246 g/mol. The number of benzene rings is 1.